The molecule has 3 aromatic rings. The Morgan fingerprint density at radius 3 is 1.26 bits per heavy atom. The Labute approximate surface area is 239 Å². The van der Waals surface area contributed by atoms with Gasteiger partial charge in [0.15, 0.2) is 0 Å². The van der Waals surface area contributed by atoms with Gasteiger partial charge in [0.1, 0.15) is 23.2 Å². The number of allylic oxidation sites excluding steroid dienone is 2. The van der Waals surface area contributed by atoms with E-state index in [-0.39, 0.29) is 17.0 Å². The molecule has 0 aromatic heterocycles. The van der Waals surface area contributed by atoms with Crippen molar-refractivity contribution in [3.63, 3.8) is 0 Å². The fourth-order valence-electron chi connectivity index (χ4n) is 4.76. The molecule has 3 heteroatoms. The van der Waals surface area contributed by atoms with Crippen LogP contribution in [0.5, 0.6) is 0 Å². The number of alkyl halides is 1. The molecule has 3 rings (SSSR count). The quantitative estimate of drug-likeness (QED) is 0.0592. The molecule has 0 fully saturated rings. The van der Waals surface area contributed by atoms with Gasteiger partial charge < -0.3 is 17.0 Å². The fourth-order valence-corrected chi connectivity index (χ4v) is 9.33. The van der Waals surface area contributed by atoms with Crippen LogP contribution in [0.4, 0.5) is 0 Å². The van der Waals surface area contributed by atoms with E-state index >= 15 is 0 Å². The predicted octanol–water partition coefficient (Wildman–Crippen LogP) is 5.88. The van der Waals surface area contributed by atoms with E-state index in [9.17, 15) is 0 Å². The van der Waals surface area contributed by atoms with Gasteiger partial charge in [-0.2, -0.15) is 0 Å². The minimum absolute atomic E-state index is 0. The summed E-state index contributed by atoms with van der Waals surface area (Å²) in [5, 5.41) is 4.40. The van der Waals surface area contributed by atoms with E-state index in [0.717, 1.165) is 6.16 Å². The standard InChI is InChI=1S/C32H41IP.BrH/c33-28-20-9-7-5-3-1-2-4-6-8-10-21-29-34(30-22-14-11-15-23-30,31-24-16-12-17-25-31)32-26-18-13-19-27-32;/h10-19,21-27H,1-9,20,28-29H2;1H/q+1;/p-1. The van der Waals surface area contributed by atoms with Crippen molar-refractivity contribution < 1.29 is 17.0 Å². The third-order valence-electron chi connectivity index (χ3n) is 6.64. The number of unbranched alkanes of at least 4 members (excludes halogenated alkanes) is 9. The average Bonchev–Trinajstić information content (AvgIpc) is 2.91. The Hall–Kier alpha value is -0.960. The highest BCUT2D eigenvalue weighted by Gasteiger charge is 2.43. The van der Waals surface area contributed by atoms with Gasteiger partial charge in [-0.05, 0) is 60.1 Å². The predicted molar refractivity (Wildman–Crippen MR) is 164 cm³/mol. The Kier molecular flexibility index (Phi) is 15.8. The Balaban J connectivity index is 0.00000432. The molecule has 0 N–H and O–H groups in total. The highest BCUT2D eigenvalue weighted by Crippen LogP contribution is 2.55. The van der Waals surface area contributed by atoms with Crippen molar-refractivity contribution in [2.45, 2.75) is 64.2 Å². The van der Waals surface area contributed by atoms with Crippen molar-refractivity contribution in [1.29, 1.82) is 0 Å². The van der Waals surface area contributed by atoms with E-state index in [4.69, 9.17) is 0 Å². The van der Waals surface area contributed by atoms with Crippen molar-refractivity contribution in [3.05, 3.63) is 103 Å². The summed E-state index contributed by atoms with van der Waals surface area (Å²) in [4.78, 5) is 0. The fraction of sp³-hybridized carbons (Fsp3) is 0.375. The van der Waals surface area contributed by atoms with Crippen molar-refractivity contribution in [2.24, 2.45) is 0 Å². The summed E-state index contributed by atoms with van der Waals surface area (Å²) >= 11 is 2.49. The Bertz CT molecular complexity index is 831. The molecule has 3 aromatic carbocycles. The molecule has 0 amide bonds. The molecule has 0 heterocycles. The highest BCUT2D eigenvalue weighted by atomic mass is 127. The second kappa shape index (κ2) is 18.3. The molecular weight excluding hydrogens is 622 g/mol. The summed E-state index contributed by atoms with van der Waals surface area (Å²) < 4.78 is 1.32. The normalized spacial score (nSPS) is 11.5. The van der Waals surface area contributed by atoms with Gasteiger partial charge in [-0.3, -0.25) is 0 Å². The van der Waals surface area contributed by atoms with Crippen LogP contribution in [0, 0.1) is 0 Å². The largest absolute Gasteiger partial charge is 1.00 e. The summed E-state index contributed by atoms with van der Waals surface area (Å²) in [7, 11) is -1.72. The van der Waals surface area contributed by atoms with Gasteiger partial charge in [0, 0.05) is 0 Å². The Morgan fingerprint density at radius 2 is 0.857 bits per heavy atom. The summed E-state index contributed by atoms with van der Waals surface area (Å²) in [6, 6.07) is 33.6. The van der Waals surface area contributed by atoms with Crippen LogP contribution < -0.4 is 32.9 Å². The van der Waals surface area contributed by atoms with Crippen molar-refractivity contribution in [1.82, 2.24) is 0 Å². The van der Waals surface area contributed by atoms with Crippen molar-refractivity contribution in [2.75, 3.05) is 10.6 Å². The molecule has 0 aliphatic rings. The summed E-state index contributed by atoms with van der Waals surface area (Å²) in [6.07, 6.45) is 19.8. The number of hydrogen-bond acceptors (Lipinski definition) is 0. The lowest BCUT2D eigenvalue weighted by Crippen LogP contribution is -3.00. The van der Waals surface area contributed by atoms with E-state index in [1.165, 1.54) is 84.5 Å². The first-order valence-electron chi connectivity index (χ1n) is 13.1. The van der Waals surface area contributed by atoms with Crippen LogP contribution in [0.3, 0.4) is 0 Å². The monoisotopic (exact) mass is 662 g/mol. The minimum Gasteiger partial charge on any atom is -1.00 e. The summed E-state index contributed by atoms with van der Waals surface area (Å²) in [5.74, 6) is 0. The van der Waals surface area contributed by atoms with Gasteiger partial charge in [-0.25, -0.2) is 0 Å². The van der Waals surface area contributed by atoms with Gasteiger partial charge >= 0.3 is 0 Å². The molecule has 0 unspecified atom stereocenters. The first-order valence-corrected chi connectivity index (χ1v) is 16.6. The molecule has 188 valence electrons. The molecule has 0 aliphatic carbocycles. The van der Waals surface area contributed by atoms with E-state index in [1.54, 1.807) is 0 Å². The smallest absolute Gasteiger partial charge is 0.115 e. The molecule has 35 heavy (non-hydrogen) atoms. The zero-order chi connectivity index (χ0) is 23.7. The van der Waals surface area contributed by atoms with Crippen LogP contribution in [0.15, 0.2) is 103 Å². The lowest BCUT2D eigenvalue weighted by atomic mass is 10.1. The lowest BCUT2D eigenvalue weighted by molar-refractivity contribution is -0.00000670. The van der Waals surface area contributed by atoms with Gasteiger partial charge in [-0.1, -0.05) is 134 Å². The van der Waals surface area contributed by atoms with Gasteiger partial charge in [0.2, 0.25) is 0 Å². The van der Waals surface area contributed by atoms with Crippen LogP contribution in [0.25, 0.3) is 0 Å². The lowest BCUT2D eigenvalue weighted by Gasteiger charge is -2.26. The third-order valence-corrected chi connectivity index (χ3v) is 11.7. The number of benzene rings is 3. The molecule has 0 saturated carbocycles. The number of rotatable bonds is 16. The summed E-state index contributed by atoms with van der Waals surface area (Å²) in [5.41, 5.74) is 0. The van der Waals surface area contributed by atoms with E-state index < -0.39 is 7.26 Å². The zero-order valence-corrected chi connectivity index (χ0v) is 25.6. The molecular formula is C32H41BrIP. The number of halogens is 2. The topological polar surface area (TPSA) is 0 Å². The molecule has 0 aliphatic heterocycles. The van der Waals surface area contributed by atoms with Crippen LogP contribution >= 0.6 is 29.9 Å². The van der Waals surface area contributed by atoms with Gasteiger partial charge in [-0.15, -0.1) is 0 Å². The molecule has 0 saturated heterocycles. The molecule has 0 bridgehead atoms. The van der Waals surface area contributed by atoms with E-state index in [0.29, 0.717) is 0 Å². The van der Waals surface area contributed by atoms with Crippen LogP contribution in [0.1, 0.15) is 64.2 Å². The Morgan fingerprint density at radius 1 is 0.486 bits per heavy atom. The summed E-state index contributed by atoms with van der Waals surface area (Å²) in [6.45, 7) is 0. The maximum Gasteiger partial charge on any atom is 0.115 e. The number of hydrogen-bond donors (Lipinski definition) is 0. The molecule has 0 radical (unpaired) electrons. The molecule has 0 atom stereocenters. The van der Waals surface area contributed by atoms with Crippen LogP contribution in [0.2, 0.25) is 0 Å². The highest BCUT2D eigenvalue weighted by molar-refractivity contribution is 14.1. The second-order valence-electron chi connectivity index (χ2n) is 9.13. The van der Waals surface area contributed by atoms with Crippen LogP contribution in [-0.4, -0.2) is 10.6 Å². The molecule has 0 spiro atoms. The average molecular weight is 663 g/mol. The minimum atomic E-state index is -1.72. The first kappa shape index (κ1) is 30.3. The maximum atomic E-state index is 2.49. The zero-order valence-electron chi connectivity index (χ0n) is 21.0. The van der Waals surface area contributed by atoms with E-state index in [2.05, 4.69) is 126 Å². The SMILES string of the molecule is ICCCCCCCCCCCC=CC[P+](c1ccccc1)(c1ccccc1)c1ccccc1.[Br-]. The first-order chi connectivity index (χ1) is 16.9. The molecule has 0 nitrogen and oxygen atoms in total. The van der Waals surface area contributed by atoms with Crippen LogP contribution in [-0.2, 0) is 0 Å². The van der Waals surface area contributed by atoms with Crippen molar-refractivity contribution >= 4 is 45.8 Å². The van der Waals surface area contributed by atoms with E-state index in [1.807, 2.05) is 0 Å². The third kappa shape index (κ3) is 9.78. The van der Waals surface area contributed by atoms with Gasteiger partial charge in [0.25, 0.3) is 0 Å². The van der Waals surface area contributed by atoms with Crippen molar-refractivity contribution in [3.8, 4) is 0 Å². The second-order valence-corrected chi connectivity index (χ2v) is 13.7. The van der Waals surface area contributed by atoms with Gasteiger partial charge in [0.05, 0.1) is 6.16 Å². The maximum absolute atomic E-state index is 2.49.